The van der Waals surface area contributed by atoms with Crippen LogP contribution < -0.4 is 5.32 Å². The van der Waals surface area contributed by atoms with Crippen LogP contribution in [0.4, 0.5) is 5.13 Å². The van der Waals surface area contributed by atoms with Crippen molar-refractivity contribution in [2.45, 2.75) is 18.3 Å². The van der Waals surface area contributed by atoms with Crippen molar-refractivity contribution in [2.75, 3.05) is 18.5 Å². The van der Waals surface area contributed by atoms with Crippen molar-refractivity contribution < 1.29 is 9.53 Å². The third-order valence-corrected chi connectivity index (χ3v) is 6.25. The number of rotatable bonds is 4. The van der Waals surface area contributed by atoms with Gasteiger partial charge in [0, 0.05) is 24.4 Å². The molecule has 0 bridgehead atoms. The number of nitrogens with zero attached hydrogens (tertiary/aromatic N) is 1. The Balaban J connectivity index is 1.62. The first-order valence-corrected chi connectivity index (χ1v) is 10.0. The molecule has 6 heteroatoms. The number of aromatic nitrogens is 1. The molecule has 138 valence electrons. The summed E-state index contributed by atoms with van der Waals surface area (Å²) in [4.78, 5) is 18.7. The second-order valence-corrected chi connectivity index (χ2v) is 7.96. The van der Waals surface area contributed by atoms with E-state index in [4.69, 9.17) is 16.3 Å². The molecule has 4 rings (SSSR count). The molecule has 2 aromatic carbocycles. The first-order chi connectivity index (χ1) is 13.2. The highest BCUT2D eigenvalue weighted by molar-refractivity contribution is 7.19. The van der Waals surface area contributed by atoms with Crippen LogP contribution in [0.15, 0.2) is 60.8 Å². The third kappa shape index (κ3) is 3.63. The number of ether oxygens (including phenoxy) is 1. The molecular formula is C21H19ClN2O2S. The highest BCUT2D eigenvalue weighted by Gasteiger charge is 2.43. The zero-order chi connectivity index (χ0) is 18.7. The van der Waals surface area contributed by atoms with Crippen LogP contribution in [0.5, 0.6) is 0 Å². The molecule has 4 nitrogen and oxygen atoms in total. The fourth-order valence-electron chi connectivity index (χ4n) is 3.47. The summed E-state index contributed by atoms with van der Waals surface area (Å²) < 4.78 is 5.51. The zero-order valence-corrected chi connectivity index (χ0v) is 16.2. The van der Waals surface area contributed by atoms with Gasteiger partial charge in [-0.05, 0) is 30.0 Å². The van der Waals surface area contributed by atoms with Crippen molar-refractivity contribution in [2.24, 2.45) is 0 Å². The van der Waals surface area contributed by atoms with Crippen LogP contribution in [0.1, 0.15) is 18.4 Å². The number of hydrogen-bond acceptors (Lipinski definition) is 4. The standard InChI is InChI=1S/C21H19ClN2O2S/c22-17-9-5-4-8-16(17)21(10-12-26-13-11-21)19(25)24-20-23-14-18(27-20)15-6-2-1-3-7-15/h1-9,14H,10-13H2,(H,23,24,25). The van der Waals surface area contributed by atoms with Crippen molar-refractivity contribution in [3.05, 3.63) is 71.4 Å². The minimum atomic E-state index is -0.699. The lowest BCUT2D eigenvalue weighted by Gasteiger charge is -2.36. The highest BCUT2D eigenvalue weighted by atomic mass is 35.5. The average Bonchev–Trinajstić information content (AvgIpc) is 3.18. The quantitative estimate of drug-likeness (QED) is 0.661. The predicted molar refractivity (Wildman–Crippen MR) is 109 cm³/mol. The molecule has 3 aromatic rings. The predicted octanol–water partition coefficient (Wildman–Crippen LogP) is 5.15. The Labute approximate surface area is 167 Å². The lowest BCUT2D eigenvalue weighted by atomic mass is 9.73. The summed E-state index contributed by atoms with van der Waals surface area (Å²) in [5, 5.41) is 4.23. The summed E-state index contributed by atoms with van der Waals surface area (Å²) in [5.74, 6) is -0.0761. The van der Waals surface area contributed by atoms with Crippen LogP contribution in [0.25, 0.3) is 10.4 Å². The number of amides is 1. The van der Waals surface area contributed by atoms with Crippen molar-refractivity contribution in [3.63, 3.8) is 0 Å². The second kappa shape index (κ2) is 7.80. The van der Waals surface area contributed by atoms with E-state index in [9.17, 15) is 4.79 Å². The minimum absolute atomic E-state index is 0.0761. The minimum Gasteiger partial charge on any atom is -0.381 e. The van der Waals surface area contributed by atoms with E-state index in [1.54, 1.807) is 6.20 Å². The normalized spacial score (nSPS) is 16.0. The van der Waals surface area contributed by atoms with Gasteiger partial charge in [0.2, 0.25) is 5.91 Å². The van der Waals surface area contributed by atoms with Crippen LogP contribution >= 0.6 is 22.9 Å². The molecule has 1 saturated heterocycles. The first kappa shape index (κ1) is 18.2. The van der Waals surface area contributed by atoms with Gasteiger partial charge >= 0.3 is 0 Å². The van der Waals surface area contributed by atoms with Gasteiger partial charge in [0.05, 0.1) is 10.3 Å². The van der Waals surface area contributed by atoms with Gasteiger partial charge < -0.3 is 10.1 Å². The maximum absolute atomic E-state index is 13.3. The summed E-state index contributed by atoms with van der Waals surface area (Å²) >= 11 is 7.91. The van der Waals surface area contributed by atoms with E-state index in [1.165, 1.54) is 11.3 Å². The van der Waals surface area contributed by atoms with E-state index in [1.807, 2.05) is 54.6 Å². The van der Waals surface area contributed by atoms with Crippen LogP contribution in [-0.2, 0) is 14.9 Å². The Hall–Kier alpha value is -2.21. The molecule has 0 atom stereocenters. The van der Waals surface area contributed by atoms with Crippen LogP contribution in [0.3, 0.4) is 0 Å². The van der Waals surface area contributed by atoms with E-state index in [0.29, 0.717) is 36.2 Å². The molecule has 1 amide bonds. The maximum Gasteiger partial charge on any atom is 0.237 e. The monoisotopic (exact) mass is 398 g/mol. The fraction of sp³-hybridized carbons (Fsp3) is 0.238. The van der Waals surface area contributed by atoms with E-state index in [-0.39, 0.29) is 5.91 Å². The van der Waals surface area contributed by atoms with Crippen LogP contribution in [-0.4, -0.2) is 24.1 Å². The average molecular weight is 399 g/mol. The van der Waals surface area contributed by atoms with Gasteiger partial charge in [-0.15, -0.1) is 0 Å². The highest BCUT2D eigenvalue weighted by Crippen LogP contribution is 2.40. The van der Waals surface area contributed by atoms with Gasteiger partial charge in [0.15, 0.2) is 5.13 Å². The molecule has 2 heterocycles. The first-order valence-electron chi connectivity index (χ1n) is 8.84. The molecule has 1 aliphatic rings. The molecule has 0 aliphatic carbocycles. The van der Waals surface area contributed by atoms with Gasteiger partial charge in [-0.2, -0.15) is 0 Å². The number of carbonyl (C=O) groups excluding carboxylic acids is 1. The number of benzene rings is 2. The molecule has 1 N–H and O–H groups in total. The van der Waals surface area contributed by atoms with Crippen LogP contribution in [0, 0.1) is 0 Å². The fourth-order valence-corrected chi connectivity index (χ4v) is 4.61. The molecule has 1 fully saturated rings. The number of carbonyl (C=O) groups is 1. The molecule has 0 radical (unpaired) electrons. The Morgan fingerprint density at radius 3 is 2.52 bits per heavy atom. The summed E-state index contributed by atoms with van der Waals surface area (Å²) in [6, 6.07) is 17.6. The Morgan fingerprint density at radius 2 is 1.78 bits per heavy atom. The molecule has 0 saturated carbocycles. The lowest BCUT2D eigenvalue weighted by Crippen LogP contribution is -2.45. The Kier molecular flexibility index (Phi) is 5.25. The van der Waals surface area contributed by atoms with Crippen LogP contribution in [0.2, 0.25) is 5.02 Å². The molecule has 27 heavy (non-hydrogen) atoms. The van der Waals surface area contributed by atoms with Crippen molar-refractivity contribution in [1.29, 1.82) is 0 Å². The Morgan fingerprint density at radius 1 is 1.07 bits per heavy atom. The molecular weight excluding hydrogens is 380 g/mol. The molecule has 1 aromatic heterocycles. The van der Waals surface area contributed by atoms with E-state index in [0.717, 1.165) is 16.0 Å². The summed E-state index contributed by atoms with van der Waals surface area (Å²) in [6.45, 7) is 1.07. The maximum atomic E-state index is 13.3. The zero-order valence-electron chi connectivity index (χ0n) is 14.7. The SMILES string of the molecule is O=C(Nc1ncc(-c2ccccc2)s1)C1(c2ccccc2Cl)CCOCC1. The Bertz CT molecular complexity index is 936. The van der Waals surface area contributed by atoms with E-state index in [2.05, 4.69) is 10.3 Å². The van der Waals surface area contributed by atoms with Crippen molar-refractivity contribution in [3.8, 4) is 10.4 Å². The van der Waals surface area contributed by atoms with Crippen molar-refractivity contribution >= 4 is 34.0 Å². The molecule has 0 unspecified atom stereocenters. The number of hydrogen-bond donors (Lipinski definition) is 1. The summed E-state index contributed by atoms with van der Waals surface area (Å²) in [7, 11) is 0. The van der Waals surface area contributed by atoms with Gasteiger partial charge in [-0.25, -0.2) is 4.98 Å². The number of nitrogens with one attached hydrogen (secondary N) is 1. The number of anilines is 1. The summed E-state index contributed by atoms with van der Waals surface area (Å²) in [5.41, 5.74) is 1.24. The largest absolute Gasteiger partial charge is 0.381 e. The van der Waals surface area contributed by atoms with Gasteiger partial charge in [-0.1, -0.05) is 71.5 Å². The van der Waals surface area contributed by atoms with E-state index < -0.39 is 5.41 Å². The number of thiazole rings is 1. The molecule has 0 spiro atoms. The van der Waals surface area contributed by atoms with E-state index >= 15 is 0 Å². The topological polar surface area (TPSA) is 51.2 Å². The number of halogens is 1. The second-order valence-electron chi connectivity index (χ2n) is 6.52. The van der Waals surface area contributed by atoms with Gasteiger partial charge in [0.25, 0.3) is 0 Å². The van der Waals surface area contributed by atoms with Gasteiger partial charge in [0.1, 0.15) is 0 Å². The van der Waals surface area contributed by atoms with Crippen molar-refractivity contribution in [1.82, 2.24) is 4.98 Å². The lowest BCUT2D eigenvalue weighted by molar-refractivity contribution is -0.125. The summed E-state index contributed by atoms with van der Waals surface area (Å²) in [6.07, 6.45) is 2.99. The smallest absolute Gasteiger partial charge is 0.237 e. The molecule has 1 aliphatic heterocycles. The third-order valence-electron chi connectivity index (χ3n) is 4.95. The van der Waals surface area contributed by atoms with Gasteiger partial charge in [-0.3, -0.25) is 4.79 Å².